The van der Waals surface area contributed by atoms with Gasteiger partial charge >= 0.3 is 0 Å². The van der Waals surface area contributed by atoms with Gasteiger partial charge in [0.2, 0.25) is 0 Å². The summed E-state index contributed by atoms with van der Waals surface area (Å²) in [7, 11) is 0. The van der Waals surface area contributed by atoms with E-state index < -0.39 is 0 Å². The van der Waals surface area contributed by atoms with Crippen LogP contribution in [0.25, 0.3) is 5.69 Å². The lowest BCUT2D eigenvalue weighted by atomic mass is 10.0. The Hall–Kier alpha value is -1.32. The van der Waals surface area contributed by atoms with Crippen LogP contribution < -0.4 is 5.73 Å². The lowest BCUT2D eigenvalue weighted by molar-refractivity contribution is 0.641. The van der Waals surface area contributed by atoms with Crippen LogP contribution in [0, 0.1) is 13.8 Å². The Morgan fingerprint density at radius 2 is 2.05 bits per heavy atom. The number of nitrogens with zero attached hydrogens (tertiary/aromatic N) is 2. The Labute approximate surface area is 119 Å². The number of rotatable bonds is 4. The van der Waals surface area contributed by atoms with Crippen LogP contribution in [0.5, 0.6) is 0 Å². The monoisotopic (exact) mass is 277 g/mol. The normalized spacial score (nSPS) is 12.7. The first-order valence-electron chi connectivity index (χ1n) is 6.59. The van der Waals surface area contributed by atoms with E-state index in [9.17, 15) is 0 Å². The smallest absolute Gasteiger partial charge is 0.0696 e. The fourth-order valence-electron chi connectivity index (χ4n) is 2.21. The number of hydrogen-bond donors (Lipinski definition) is 1. The minimum absolute atomic E-state index is 0.164. The zero-order valence-electron chi connectivity index (χ0n) is 11.7. The van der Waals surface area contributed by atoms with Crippen LogP contribution in [-0.2, 0) is 6.42 Å². The van der Waals surface area contributed by atoms with Crippen molar-refractivity contribution in [2.45, 2.75) is 39.7 Å². The van der Waals surface area contributed by atoms with Gasteiger partial charge in [-0.1, -0.05) is 24.6 Å². The highest BCUT2D eigenvalue weighted by Gasteiger charge is 2.12. The highest BCUT2D eigenvalue weighted by molar-refractivity contribution is 6.30. The standard InChI is InChI=1S/C15H20ClN3/c1-4-14(17)8-12-5-6-13(16)9-15(12)19-11(3)7-10(2)18-19/h5-7,9,14H,4,8,17H2,1-3H3. The Balaban J connectivity index is 2.48. The Bertz CT molecular complexity index is 575. The molecule has 1 aromatic heterocycles. The van der Waals surface area contributed by atoms with Gasteiger partial charge in [-0.15, -0.1) is 0 Å². The van der Waals surface area contributed by atoms with Gasteiger partial charge in [-0.3, -0.25) is 0 Å². The number of benzene rings is 1. The van der Waals surface area contributed by atoms with Crippen molar-refractivity contribution in [3.05, 3.63) is 46.2 Å². The summed E-state index contributed by atoms with van der Waals surface area (Å²) in [6.45, 7) is 6.14. The van der Waals surface area contributed by atoms with Gasteiger partial charge in [-0.25, -0.2) is 4.68 Å². The van der Waals surface area contributed by atoms with Crippen LogP contribution in [0.15, 0.2) is 24.3 Å². The molecular formula is C15H20ClN3. The SMILES string of the molecule is CCC(N)Cc1ccc(Cl)cc1-n1nc(C)cc1C. The van der Waals surface area contributed by atoms with Crippen LogP contribution in [0.2, 0.25) is 5.02 Å². The second-order valence-corrected chi connectivity index (χ2v) is 5.42. The molecule has 0 radical (unpaired) electrons. The lowest BCUT2D eigenvalue weighted by Gasteiger charge is -2.15. The molecule has 2 rings (SSSR count). The molecular weight excluding hydrogens is 258 g/mol. The molecule has 1 atom stereocenters. The van der Waals surface area contributed by atoms with E-state index in [1.165, 1.54) is 5.56 Å². The average molecular weight is 278 g/mol. The number of halogens is 1. The van der Waals surface area contributed by atoms with Gasteiger partial charge in [0.05, 0.1) is 11.4 Å². The second kappa shape index (κ2) is 5.76. The number of hydrogen-bond acceptors (Lipinski definition) is 2. The van der Waals surface area contributed by atoms with Crippen LogP contribution in [0.3, 0.4) is 0 Å². The minimum atomic E-state index is 0.164. The fraction of sp³-hybridized carbons (Fsp3) is 0.400. The van der Waals surface area contributed by atoms with Gasteiger partial charge in [0.15, 0.2) is 0 Å². The molecule has 0 saturated heterocycles. The largest absolute Gasteiger partial charge is 0.327 e. The van der Waals surface area contributed by atoms with Crippen molar-refractivity contribution in [3.63, 3.8) is 0 Å². The highest BCUT2D eigenvalue weighted by Crippen LogP contribution is 2.23. The number of nitrogens with two attached hydrogens (primary N) is 1. The molecule has 0 spiro atoms. The van der Waals surface area contributed by atoms with Crippen molar-refractivity contribution >= 4 is 11.6 Å². The van der Waals surface area contributed by atoms with Gasteiger partial charge in [0, 0.05) is 16.8 Å². The predicted molar refractivity (Wildman–Crippen MR) is 80.0 cm³/mol. The summed E-state index contributed by atoms with van der Waals surface area (Å²) in [5, 5.41) is 5.25. The van der Waals surface area contributed by atoms with Crippen LogP contribution in [0.1, 0.15) is 30.3 Å². The summed E-state index contributed by atoms with van der Waals surface area (Å²) in [5.41, 5.74) is 10.4. The molecule has 0 aliphatic carbocycles. The van der Waals surface area contributed by atoms with Gasteiger partial charge in [0.1, 0.15) is 0 Å². The molecule has 2 N–H and O–H groups in total. The highest BCUT2D eigenvalue weighted by atomic mass is 35.5. The van der Waals surface area contributed by atoms with Crippen molar-refractivity contribution in [1.82, 2.24) is 9.78 Å². The molecule has 102 valence electrons. The van der Waals surface area contributed by atoms with Crippen molar-refractivity contribution in [2.24, 2.45) is 5.73 Å². The summed E-state index contributed by atoms with van der Waals surface area (Å²) in [4.78, 5) is 0. The first-order chi connectivity index (χ1) is 9.01. The molecule has 4 heteroatoms. The summed E-state index contributed by atoms with van der Waals surface area (Å²) in [6.07, 6.45) is 1.79. The number of aromatic nitrogens is 2. The third-order valence-corrected chi connectivity index (χ3v) is 3.53. The van der Waals surface area contributed by atoms with Crippen LogP contribution in [-0.4, -0.2) is 15.8 Å². The van der Waals surface area contributed by atoms with E-state index in [4.69, 9.17) is 17.3 Å². The van der Waals surface area contributed by atoms with E-state index >= 15 is 0 Å². The van der Waals surface area contributed by atoms with Gasteiger partial charge in [-0.2, -0.15) is 5.10 Å². The maximum atomic E-state index is 6.12. The quantitative estimate of drug-likeness (QED) is 0.931. The minimum Gasteiger partial charge on any atom is -0.327 e. The Morgan fingerprint density at radius 3 is 2.63 bits per heavy atom. The van der Waals surface area contributed by atoms with E-state index in [0.717, 1.165) is 34.9 Å². The fourth-order valence-corrected chi connectivity index (χ4v) is 2.37. The summed E-state index contributed by atoms with van der Waals surface area (Å²) < 4.78 is 1.94. The second-order valence-electron chi connectivity index (χ2n) is 4.98. The predicted octanol–water partition coefficient (Wildman–Crippen LogP) is 3.42. The molecule has 1 heterocycles. The molecule has 2 aromatic rings. The molecule has 0 bridgehead atoms. The maximum absolute atomic E-state index is 6.12. The van der Waals surface area contributed by atoms with Crippen molar-refractivity contribution in [3.8, 4) is 5.69 Å². The molecule has 0 aliphatic heterocycles. The molecule has 0 aliphatic rings. The zero-order valence-corrected chi connectivity index (χ0v) is 12.4. The van der Waals surface area contributed by atoms with Crippen molar-refractivity contribution < 1.29 is 0 Å². The maximum Gasteiger partial charge on any atom is 0.0696 e. The topological polar surface area (TPSA) is 43.8 Å². The molecule has 3 nitrogen and oxygen atoms in total. The zero-order chi connectivity index (χ0) is 14.0. The Morgan fingerprint density at radius 1 is 1.32 bits per heavy atom. The molecule has 0 saturated carbocycles. The van der Waals surface area contributed by atoms with Crippen molar-refractivity contribution in [1.29, 1.82) is 0 Å². The Kier molecular flexibility index (Phi) is 4.27. The number of aryl methyl sites for hydroxylation is 2. The van der Waals surface area contributed by atoms with Gasteiger partial charge in [-0.05, 0) is 50.5 Å². The van der Waals surface area contributed by atoms with Gasteiger partial charge in [0.25, 0.3) is 0 Å². The summed E-state index contributed by atoms with van der Waals surface area (Å²) in [5.74, 6) is 0. The molecule has 1 aromatic carbocycles. The van der Waals surface area contributed by atoms with Crippen molar-refractivity contribution in [2.75, 3.05) is 0 Å². The summed E-state index contributed by atoms with van der Waals surface area (Å²) >= 11 is 6.12. The lowest BCUT2D eigenvalue weighted by Crippen LogP contribution is -2.22. The van der Waals surface area contributed by atoms with E-state index in [-0.39, 0.29) is 6.04 Å². The van der Waals surface area contributed by atoms with Crippen LogP contribution in [0.4, 0.5) is 0 Å². The first kappa shape index (κ1) is 14.1. The molecule has 19 heavy (non-hydrogen) atoms. The third kappa shape index (κ3) is 3.17. The molecule has 0 fully saturated rings. The molecule has 1 unspecified atom stereocenters. The summed E-state index contributed by atoms with van der Waals surface area (Å²) in [6, 6.07) is 8.14. The van der Waals surface area contributed by atoms with E-state index in [2.05, 4.69) is 18.1 Å². The first-order valence-corrected chi connectivity index (χ1v) is 6.96. The van der Waals surface area contributed by atoms with E-state index in [0.29, 0.717) is 0 Å². The van der Waals surface area contributed by atoms with E-state index in [1.54, 1.807) is 0 Å². The average Bonchev–Trinajstić information content (AvgIpc) is 2.70. The third-order valence-electron chi connectivity index (χ3n) is 3.29. The van der Waals surface area contributed by atoms with Crippen LogP contribution >= 0.6 is 11.6 Å². The molecule has 0 amide bonds. The van der Waals surface area contributed by atoms with E-state index in [1.807, 2.05) is 36.7 Å². The van der Waals surface area contributed by atoms with Gasteiger partial charge < -0.3 is 5.73 Å².